The molecule has 0 saturated heterocycles. The molecule has 1 aromatic heterocycles. The maximum absolute atomic E-state index is 13.2. The second-order valence-electron chi connectivity index (χ2n) is 5.46. The lowest BCUT2D eigenvalue weighted by atomic mass is 10.1. The molecule has 0 aliphatic rings. The number of hydrogen-bond acceptors (Lipinski definition) is 2. The van der Waals surface area contributed by atoms with Gasteiger partial charge in [-0.2, -0.15) is 13.2 Å². The summed E-state index contributed by atoms with van der Waals surface area (Å²) in [6.45, 7) is 1.49. The van der Waals surface area contributed by atoms with Crippen LogP contribution < -0.4 is 0 Å². The lowest BCUT2D eigenvalue weighted by molar-refractivity contribution is -0.138. The van der Waals surface area contributed by atoms with Crippen molar-refractivity contribution in [1.29, 1.82) is 0 Å². The van der Waals surface area contributed by atoms with Gasteiger partial charge in [-0.1, -0.05) is 31.0 Å². The number of unbranched alkanes of at least 4 members (excludes halogenated alkanes) is 1. The molecule has 4 nitrogen and oxygen atoms in total. The van der Waals surface area contributed by atoms with Crippen LogP contribution in [0.15, 0.2) is 18.2 Å². The van der Waals surface area contributed by atoms with Crippen LogP contribution in [0.2, 0.25) is 5.15 Å². The van der Waals surface area contributed by atoms with E-state index in [0.29, 0.717) is 18.9 Å². The number of aryl methyl sites for hydroxylation is 1. The van der Waals surface area contributed by atoms with Gasteiger partial charge in [-0.25, -0.2) is 14.2 Å². The molecule has 0 unspecified atom stereocenters. The van der Waals surface area contributed by atoms with Gasteiger partial charge in [-0.15, -0.1) is 0 Å². The minimum absolute atomic E-state index is 0.261. The van der Waals surface area contributed by atoms with Gasteiger partial charge in [0.15, 0.2) is 10.8 Å². The van der Waals surface area contributed by atoms with Crippen molar-refractivity contribution in [2.45, 2.75) is 38.9 Å². The molecule has 25 heavy (non-hydrogen) atoms. The predicted molar refractivity (Wildman–Crippen MR) is 83.3 cm³/mol. The molecule has 0 fully saturated rings. The molecule has 0 saturated carbocycles. The number of carboxylic acid groups (broad SMARTS) is 1. The Kier molecular flexibility index (Phi) is 5.72. The summed E-state index contributed by atoms with van der Waals surface area (Å²) in [5.74, 6) is -2.14. The van der Waals surface area contributed by atoms with Gasteiger partial charge >= 0.3 is 12.1 Å². The third-order valence-corrected chi connectivity index (χ3v) is 3.93. The summed E-state index contributed by atoms with van der Waals surface area (Å²) in [7, 11) is 0. The second kappa shape index (κ2) is 7.43. The van der Waals surface area contributed by atoms with Crippen LogP contribution in [0.3, 0.4) is 0 Å². The van der Waals surface area contributed by atoms with Crippen molar-refractivity contribution in [3.63, 3.8) is 0 Å². The first-order valence-electron chi connectivity index (χ1n) is 7.49. The summed E-state index contributed by atoms with van der Waals surface area (Å²) < 4.78 is 53.9. The minimum atomic E-state index is -4.77. The van der Waals surface area contributed by atoms with E-state index in [1.54, 1.807) is 0 Å². The third-order valence-electron chi connectivity index (χ3n) is 3.67. The number of imidazole rings is 1. The van der Waals surface area contributed by atoms with Crippen molar-refractivity contribution in [3.05, 3.63) is 51.8 Å². The molecule has 9 heteroatoms. The number of alkyl halides is 3. The van der Waals surface area contributed by atoms with Crippen LogP contribution in [0.25, 0.3) is 0 Å². The number of halogens is 5. The highest BCUT2D eigenvalue weighted by Crippen LogP contribution is 2.33. The molecule has 0 aliphatic heterocycles. The smallest absolute Gasteiger partial charge is 0.416 e. The number of carboxylic acids is 1. The Morgan fingerprint density at radius 1 is 1.36 bits per heavy atom. The number of carbonyl (C=O) groups is 1. The average Bonchev–Trinajstić information content (AvgIpc) is 2.81. The number of aromatic nitrogens is 2. The molecular weight excluding hydrogens is 364 g/mol. The van der Waals surface area contributed by atoms with Crippen molar-refractivity contribution < 1.29 is 27.5 Å². The fourth-order valence-corrected chi connectivity index (χ4v) is 2.77. The maximum Gasteiger partial charge on any atom is 0.416 e. The number of rotatable bonds is 6. The van der Waals surface area contributed by atoms with Crippen LogP contribution >= 0.6 is 11.6 Å². The molecule has 0 atom stereocenters. The zero-order chi connectivity index (χ0) is 18.8. The number of aromatic carboxylic acids is 1. The number of nitrogens with zero attached hydrogens (tertiary/aromatic N) is 2. The van der Waals surface area contributed by atoms with Crippen molar-refractivity contribution in [2.75, 3.05) is 0 Å². The maximum atomic E-state index is 13.2. The lowest BCUT2D eigenvalue weighted by Crippen LogP contribution is -2.17. The summed E-state index contributed by atoms with van der Waals surface area (Å²) in [4.78, 5) is 15.4. The molecule has 0 bridgehead atoms. The van der Waals surface area contributed by atoms with Crippen LogP contribution in [-0.4, -0.2) is 20.6 Å². The largest absolute Gasteiger partial charge is 0.476 e. The summed E-state index contributed by atoms with van der Waals surface area (Å²) >= 11 is 5.85. The molecule has 0 radical (unpaired) electrons. The predicted octanol–water partition coefficient (Wildman–Crippen LogP) is 4.78. The second-order valence-corrected chi connectivity index (χ2v) is 5.82. The van der Waals surface area contributed by atoms with Gasteiger partial charge in [0.05, 0.1) is 12.1 Å². The van der Waals surface area contributed by atoms with Gasteiger partial charge in [-0.3, -0.25) is 0 Å². The quantitative estimate of drug-likeness (QED) is 0.736. The first-order chi connectivity index (χ1) is 11.6. The Morgan fingerprint density at radius 2 is 2.04 bits per heavy atom. The van der Waals surface area contributed by atoms with E-state index in [1.165, 1.54) is 0 Å². The van der Waals surface area contributed by atoms with E-state index < -0.39 is 30.1 Å². The molecule has 2 rings (SSSR count). The van der Waals surface area contributed by atoms with E-state index in [9.17, 15) is 27.5 Å². The van der Waals surface area contributed by atoms with E-state index in [-0.39, 0.29) is 22.2 Å². The van der Waals surface area contributed by atoms with Crippen molar-refractivity contribution in [3.8, 4) is 0 Å². The average molecular weight is 379 g/mol. The molecule has 1 N–H and O–H groups in total. The monoisotopic (exact) mass is 378 g/mol. The Balaban J connectivity index is 2.55. The van der Waals surface area contributed by atoms with Crippen LogP contribution in [-0.2, 0) is 19.1 Å². The summed E-state index contributed by atoms with van der Waals surface area (Å²) in [6, 6.07) is 2.27. The van der Waals surface area contributed by atoms with E-state index in [4.69, 9.17) is 11.6 Å². The normalized spacial score (nSPS) is 11.8. The van der Waals surface area contributed by atoms with Crippen LogP contribution in [0, 0.1) is 5.82 Å². The summed E-state index contributed by atoms with van der Waals surface area (Å²) in [6.07, 6.45) is -2.94. The van der Waals surface area contributed by atoms with E-state index >= 15 is 0 Å². The third kappa shape index (κ3) is 4.31. The minimum Gasteiger partial charge on any atom is -0.476 e. The van der Waals surface area contributed by atoms with Gasteiger partial charge in [0, 0.05) is 6.42 Å². The van der Waals surface area contributed by atoms with Crippen molar-refractivity contribution in [1.82, 2.24) is 9.55 Å². The zero-order valence-corrected chi connectivity index (χ0v) is 14.0. The van der Waals surface area contributed by atoms with E-state index in [2.05, 4.69) is 4.98 Å². The molecule has 0 amide bonds. The van der Waals surface area contributed by atoms with Crippen molar-refractivity contribution >= 4 is 17.6 Å². The lowest BCUT2D eigenvalue weighted by Gasteiger charge is -2.16. The Hall–Kier alpha value is -2.09. The number of benzene rings is 1. The molecule has 136 valence electrons. The SMILES string of the molecule is CCCCc1nc(Cl)c(C(=O)O)n1Cc1ccc(F)cc1C(F)(F)F. The summed E-state index contributed by atoms with van der Waals surface area (Å²) in [5.41, 5.74) is -1.80. The van der Waals surface area contributed by atoms with E-state index in [1.807, 2.05) is 6.92 Å². The fraction of sp³-hybridized carbons (Fsp3) is 0.375. The Labute approximate surface area is 146 Å². The number of hydrogen-bond donors (Lipinski definition) is 1. The van der Waals surface area contributed by atoms with Crippen LogP contribution in [0.5, 0.6) is 0 Å². The van der Waals surface area contributed by atoms with Crippen molar-refractivity contribution in [2.24, 2.45) is 0 Å². The first-order valence-corrected chi connectivity index (χ1v) is 7.86. The zero-order valence-electron chi connectivity index (χ0n) is 13.2. The topological polar surface area (TPSA) is 55.1 Å². The molecular formula is C16H15ClF4N2O2. The van der Waals surface area contributed by atoms with Gasteiger partial charge in [0.1, 0.15) is 11.6 Å². The fourth-order valence-electron chi connectivity index (χ4n) is 2.49. The molecule has 1 heterocycles. The molecule has 0 aliphatic carbocycles. The Morgan fingerprint density at radius 3 is 2.60 bits per heavy atom. The molecule has 1 aromatic carbocycles. The highest BCUT2D eigenvalue weighted by Gasteiger charge is 2.34. The molecule has 0 spiro atoms. The van der Waals surface area contributed by atoms with E-state index in [0.717, 1.165) is 23.1 Å². The highest BCUT2D eigenvalue weighted by atomic mass is 35.5. The molecule has 2 aromatic rings. The first kappa shape index (κ1) is 19.2. The van der Waals surface area contributed by atoms with Gasteiger partial charge < -0.3 is 9.67 Å². The summed E-state index contributed by atoms with van der Waals surface area (Å²) in [5, 5.41) is 9.03. The van der Waals surface area contributed by atoms with Crippen LogP contribution in [0.4, 0.5) is 17.6 Å². The van der Waals surface area contributed by atoms with Gasteiger partial charge in [0.25, 0.3) is 0 Å². The standard InChI is InChI=1S/C16H15ClF4N2O2/c1-2-3-4-12-22-14(17)13(15(24)25)23(12)8-9-5-6-10(18)7-11(9)16(19,20)21/h5-7H,2-4,8H2,1H3,(H,24,25). The van der Waals surface area contributed by atoms with Gasteiger partial charge in [-0.05, 0) is 24.1 Å². The van der Waals surface area contributed by atoms with Gasteiger partial charge in [0.2, 0.25) is 0 Å². The highest BCUT2D eigenvalue weighted by molar-refractivity contribution is 6.32. The Bertz CT molecular complexity index is 787. The van der Waals surface area contributed by atoms with Crippen LogP contribution in [0.1, 0.15) is 47.2 Å².